The molecule has 108 valence electrons. The quantitative estimate of drug-likeness (QED) is 0.846. The molecule has 1 saturated heterocycles. The van der Waals surface area contributed by atoms with Gasteiger partial charge in [-0.2, -0.15) is 0 Å². The summed E-state index contributed by atoms with van der Waals surface area (Å²) in [6, 6.07) is 3.62. The Morgan fingerprint density at radius 3 is 2.95 bits per heavy atom. The third-order valence-electron chi connectivity index (χ3n) is 3.59. The first-order valence-corrected chi connectivity index (χ1v) is 7.58. The van der Waals surface area contributed by atoms with Gasteiger partial charge in [0.1, 0.15) is 13.2 Å². The van der Waals surface area contributed by atoms with E-state index >= 15 is 0 Å². The number of ether oxygens (including phenoxy) is 2. The minimum atomic E-state index is -0.00202. The van der Waals surface area contributed by atoms with Gasteiger partial charge >= 0.3 is 0 Å². The number of hydrogen-bond acceptors (Lipinski definition) is 4. The van der Waals surface area contributed by atoms with Gasteiger partial charge in [-0.1, -0.05) is 0 Å². The molecule has 0 spiro atoms. The highest BCUT2D eigenvalue weighted by atomic mass is 79.9. The Morgan fingerprint density at radius 2 is 2.15 bits per heavy atom. The molecule has 6 heteroatoms. The number of piperidine rings is 1. The second-order valence-corrected chi connectivity index (χ2v) is 5.99. The van der Waals surface area contributed by atoms with Crippen molar-refractivity contribution < 1.29 is 14.3 Å². The summed E-state index contributed by atoms with van der Waals surface area (Å²) < 4.78 is 11.8. The maximum Gasteiger partial charge on any atom is 0.254 e. The van der Waals surface area contributed by atoms with Crippen molar-refractivity contribution in [3.05, 3.63) is 22.2 Å². The zero-order chi connectivity index (χ0) is 14.1. The Morgan fingerprint density at radius 1 is 1.35 bits per heavy atom. The van der Waals surface area contributed by atoms with Gasteiger partial charge < -0.3 is 20.1 Å². The molecule has 2 N–H and O–H groups in total. The predicted octanol–water partition coefficient (Wildman–Crippen LogP) is 1.78. The number of halogens is 1. The maximum atomic E-state index is 12.5. The smallest absolute Gasteiger partial charge is 0.254 e. The number of nitrogens with zero attached hydrogens (tertiary/aromatic N) is 1. The van der Waals surface area contributed by atoms with Gasteiger partial charge in [0.05, 0.1) is 4.47 Å². The van der Waals surface area contributed by atoms with Crippen LogP contribution in [0, 0.1) is 0 Å². The van der Waals surface area contributed by atoms with E-state index in [1.807, 2.05) is 4.90 Å². The fraction of sp³-hybridized carbons (Fsp3) is 0.500. The standard InChI is InChI=1S/C14H17BrN2O3/c15-11-6-9(7-12-13(11)20-5-4-19-12)14(18)17-3-1-2-10(16)8-17/h6-7,10H,1-5,8,16H2. The number of nitrogens with two attached hydrogens (primary N) is 1. The van der Waals surface area contributed by atoms with Gasteiger partial charge in [-0.3, -0.25) is 4.79 Å². The van der Waals surface area contributed by atoms with E-state index in [2.05, 4.69) is 15.9 Å². The molecule has 2 aliphatic rings. The average Bonchev–Trinajstić information content (AvgIpc) is 2.46. The molecule has 1 unspecified atom stereocenters. The molecular weight excluding hydrogens is 324 g/mol. The first kappa shape index (κ1) is 13.7. The fourth-order valence-electron chi connectivity index (χ4n) is 2.61. The first-order valence-electron chi connectivity index (χ1n) is 6.79. The molecule has 3 rings (SSSR count). The molecule has 2 heterocycles. The Hall–Kier alpha value is -1.27. The largest absolute Gasteiger partial charge is 0.486 e. The van der Waals surface area contributed by atoms with Crippen molar-refractivity contribution in [3.63, 3.8) is 0 Å². The molecule has 2 aliphatic heterocycles. The predicted molar refractivity (Wildman–Crippen MR) is 78.2 cm³/mol. The molecule has 1 amide bonds. The van der Waals surface area contributed by atoms with E-state index in [0.717, 1.165) is 23.9 Å². The summed E-state index contributed by atoms with van der Waals surface area (Å²) in [6.45, 7) is 2.41. The van der Waals surface area contributed by atoms with Crippen molar-refractivity contribution in [1.82, 2.24) is 4.90 Å². The van der Waals surface area contributed by atoms with Crippen LogP contribution in [-0.2, 0) is 0 Å². The maximum absolute atomic E-state index is 12.5. The lowest BCUT2D eigenvalue weighted by Gasteiger charge is -2.31. The number of fused-ring (bicyclic) bond motifs is 1. The Bertz CT molecular complexity index is 535. The fourth-order valence-corrected chi connectivity index (χ4v) is 3.17. The summed E-state index contributed by atoms with van der Waals surface area (Å²) in [5.41, 5.74) is 6.54. The Balaban J connectivity index is 1.86. The van der Waals surface area contributed by atoms with Gasteiger partial charge in [0.15, 0.2) is 11.5 Å². The molecule has 0 aliphatic carbocycles. The lowest BCUT2D eigenvalue weighted by Crippen LogP contribution is -2.45. The van der Waals surface area contributed by atoms with Crippen LogP contribution in [0.15, 0.2) is 16.6 Å². The number of carbonyl (C=O) groups excluding carboxylic acids is 1. The van der Waals surface area contributed by atoms with E-state index in [4.69, 9.17) is 15.2 Å². The lowest BCUT2D eigenvalue weighted by molar-refractivity contribution is 0.0707. The molecule has 0 radical (unpaired) electrons. The van der Waals surface area contributed by atoms with Gasteiger partial charge in [0.2, 0.25) is 0 Å². The second-order valence-electron chi connectivity index (χ2n) is 5.14. The highest BCUT2D eigenvalue weighted by Gasteiger charge is 2.25. The van der Waals surface area contributed by atoms with Crippen LogP contribution in [0.2, 0.25) is 0 Å². The van der Waals surface area contributed by atoms with Gasteiger partial charge in [0, 0.05) is 24.7 Å². The summed E-state index contributed by atoms with van der Waals surface area (Å²) in [6.07, 6.45) is 1.94. The topological polar surface area (TPSA) is 64.8 Å². The average molecular weight is 341 g/mol. The van der Waals surface area contributed by atoms with E-state index < -0.39 is 0 Å². The Kier molecular flexibility index (Phi) is 3.85. The van der Waals surface area contributed by atoms with Crippen molar-refractivity contribution in [3.8, 4) is 11.5 Å². The molecule has 1 aromatic rings. The first-order chi connectivity index (χ1) is 9.65. The van der Waals surface area contributed by atoms with Gasteiger partial charge in [0.25, 0.3) is 5.91 Å². The van der Waals surface area contributed by atoms with Crippen LogP contribution in [0.4, 0.5) is 0 Å². The van der Waals surface area contributed by atoms with Crippen LogP contribution in [0.5, 0.6) is 11.5 Å². The summed E-state index contributed by atoms with van der Waals surface area (Å²) in [7, 11) is 0. The summed E-state index contributed by atoms with van der Waals surface area (Å²) >= 11 is 3.44. The van der Waals surface area contributed by atoms with Crippen LogP contribution < -0.4 is 15.2 Å². The normalized spacial score (nSPS) is 21.7. The van der Waals surface area contributed by atoms with Gasteiger partial charge in [-0.05, 0) is 40.9 Å². The van der Waals surface area contributed by atoms with E-state index in [0.29, 0.717) is 36.8 Å². The summed E-state index contributed by atoms with van der Waals surface area (Å²) in [5.74, 6) is 1.29. The van der Waals surface area contributed by atoms with E-state index in [9.17, 15) is 4.79 Å². The van der Waals surface area contributed by atoms with Crippen LogP contribution in [-0.4, -0.2) is 43.2 Å². The number of carbonyl (C=O) groups is 1. The molecule has 1 aromatic carbocycles. The molecular formula is C14H17BrN2O3. The number of hydrogen-bond donors (Lipinski definition) is 1. The van der Waals surface area contributed by atoms with Gasteiger partial charge in [-0.25, -0.2) is 0 Å². The third kappa shape index (κ3) is 2.62. The van der Waals surface area contributed by atoms with Crippen LogP contribution in [0.1, 0.15) is 23.2 Å². The highest BCUT2D eigenvalue weighted by molar-refractivity contribution is 9.10. The molecule has 1 atom stereocenters. The number of amides is 1. The number of benzene rings is 1. The van der Waals surface area contributed by atoms with Crippen molar-refractivity contribution in [2.45, 2.75) is 18.9 Å². The van der Waals surface area contributed by atoms with Crippen LogP contribution in [0.25, 0.3) is 0 Å². The third-order valence-corrected chi connectivity index (χ3v) is 4.18. The summed E-state index contributed by atoms with van der Waals surface area (Å²) in [4.78, 5) is 14.3. The molecule has 5 nitrogen and oxygen atoms in total. The minimum absolute atomic E-state index is 0.00202. The van der Waals surface area contributed by atoms with Crippen molar-refractivity contribution in [2.75, 3.05) is 26.3 Å². The number of likely N-dealkylation sites (tertiary alicyclic amines) is 1. The van der Waals surface area contributed by atoms with E-state index in [-0.39, 0.29) is 11.9 Å². The minimum Gasteiger partial charge on any atom is -0.486 e. The molecule has 20 heavy (non-hydrogen) atoms. The second kappa shape index (κ2) is 5.61. The molecule has 0 aromatic heterocycles. The zero-order valence-corrected chi connectivity index (χ0v) is 12.7. The highest BCUT2D eigenvalue weighted by Crippen LogP contribution is 2.38. The summed E-state index contributed by atoms with van der Waals surface area (Å²) in [5, 5.41) is 0. The van der Waals surface area contributed by atoms with Crippen molar-refractivity contribution >= 4 is 21.8 Å². The SMILES string of the molecule is NC1CCCN(C(=O)c2cc(Br)c3c(c2)OCCO3)C1. The monoisotopic (exact) mass is 340 g/mol. The van der Waals surface area contributed by atoms with Crippen LogP contribution >= 0.6 is 15.9 Å². The lowest BCUT2D eigenvalue weighted by atomic mass is 10.1. The van der Waals surface area contributed by atoms with Crippen molar-refractivity contribution in [2.24, 2.45) is 5.73 Å². The van der Waals surface area contributed by atoms with E-state index in [1.165, 1.54) is 0 Å². The van der Waals surface area contributed by atoms with Crippen LogP contribution in [0.3, 0.4) is 0 Å². The molecule has 0 bridgehead atoms. The number of rotatable bonds is 1. The van der Waals surface area contributed by atoms with Gasteiger partial charge in [-0.15, -0.1) is 0 Å². The Labute approximate surface area is 126 Å². The van der Waals surface area contributed by atoms with E-state index in [1.54, 1.807) is 12.1 Å². The van der Waals surface area contributed by atoms with Crippen molar-refractivity contribution in [1.29, 1.82) is 0 Å². The zero-order valence-electron chi connectivity index (χ0n) is 11.1. The molecule has 0 saturated carbocycles. The molecule has 1 fully saturated rings.